The third-order valence-corrected chi connectivity index (χ3v) is 6.24. The molecule has 2 aromatic heterocycles. The van der Waals surface area contributed by atoms with Gasteiger partial charge in [0.05, 0.1) is 5.60 Å². The number of hydrogen-bond acceptors (Lipinski definition) is 4. The van der Waals surface area contributed by atoms with Gasteiger partial charge in [-0.15, -0.1) is 0 Å². The average Bonchev–Trinajstić information content (AvgIpc) is 3.44. The van der Waals surface area contributed by atoms with Crippen LogP contribution >= 0.6 is 0 Å². The number of aromatic nitrogens is 3. The van der Waals surface area contributed by atoms with Gasteiger partial charge < -0.3 is 5.11 Å². The Morgan fingerprint density at radius 1 is 1.06 bits per heavy atom. The standard InChI is InChI=1S/C22H27F6N3O2/c1-19(2,22(26,27)28)31-17(29-15-10-11-16(21(23,24)25)30-18(15)31)7-5-4-6-14(32)12-20(3,33)13-8-9-13/h10-11,13,33H,4-9,12H2,1-3H3/t20-/m1/s1. The van der Waals surface area contributed by atoms with Crippen LogP contribution in [0.5, 0.6) is 0 Å². The van der Waals surface area contributed by atoms with Crippen LogP contribution in [0.2, 0.25) is 0 Å². The first-order chi connectivity index (χ1) is 15.0. The number of Topliss-reactive ketones (excluding diaryl/α,β-unsaturated/α-hetero) is 1. The number of unbranched alkanes of at least 4 members (excludes halogenated alkanes) is 1. The van der Waals surface area contributed by atoms with Crippen LogP contribution in [0.4, 0.5) is 26.3 Å². The number of pyridine rings is 1. The van der Waals surface area contributed by atoms with Crippen molar-refractivity contribution in [2.45, 2.75) is 89.2 Å². The van der Waals surface area contributed by atoms with E-state index in [-0.39, 0.29) is 42.3 Å². The lowest BCUT2D eigenvalue weighted by Gasteiger charge is -2.31. The first-order valence-corrected chi connectivity index (χ1v) is 10.8. The zero-order valence-electron chi connectivity index (χ0n) is 18.6. The van der Waals surface area contributed by atoms with E-state index in [9.17, 15) is 36.2 Å². The fourth-order valence-electron chi connectivity index (χ4n) is 3.99. The minimum Gasteiger partial charge on any atom is -0.389 e. The Balaban J connectivity index is 1.80. The number of alkyl halides is 6. The number of nitrogens with zero attached hydrogens (tertiary/aromatic N) is 3. The predicted molar refractivity (Wildman–Crippen MR) is 108 cm³/mol. The number of hydrogen-bond donors (Lipinski definition) is 1. The Morgan fingerprint density at radius 3 is 2.24 bits per heavy atom. The van der Waals surface area contributed by atoms with E-state index in [0.717, 1.165) is 37.3 Å². The van der Waals surface area contributed by atoms with Crippen LogP contribution in [0.3, 0.4) is 0 Å². The maximum absolute atomic E-state index is 13.8. The highest BCUT2D eigenvalue weighted by atomic mass is 19.4. The zero-order valence-corrected chi connectivity index (χ0v) is 18.6. The van der Waals surface area contributed by atoms with Crippen molar-refractivity contribution < 1.29 is 36.2 Å². The fourth-order valence-corrected chi connectivity index (χ4v) is 3.99. The minimum atomic E-state index is -4.81. The van der Waals surface area contributed by atoms with Crippen LogP contribution in [-0.4, -0.2) is 37.2 Å². The van der Waals surface area contributed by atoms with Crippen LogP contribution < -0.4 is 0 Å². The first kappa shape index (κ1) is 25.5. The van der Waals surface area contributed by atoms with E-state index in [1.54, 1.807) is 6.92 Å². The molecule has 184 valence electrons. The van der Waals surface area contributed by atoms with Gasteiger partial charge in [-0.1, -0.05) is 0 Å². The van der Waals surface area contributed by atoms with E-state index in [2.05, 4.69) is 9.97 Å². The van der Waals surface area contributed by atoms with Gasteiger partial charge >= 0.3 is 12.4 Å². The molecule has 5 nitrogen and oxygen atoms in total. The molecule has 2 aromatic rings. The molecule has 33 heavy (non-hydrogen) atoms. The molecule has 0 aliphatic heterocycles. The zero-order chi connectivity index (χ0) is 24.8. The van der Waals surface area contributed by atoms with E-state index >= 15 is 0 Å². The first-order valence-electron chi connectivity index (χ1n) is 10.8. The molecular formula is C22H27F6N3O2. The fraction of sp³-hybridized carbons (Fsp3) is 0.682. The summed E-state index contributed by atoms with van der Waals surface area (Å²) in [5, 5.41) is 10.3. The monoisotopic (exact) mass is 479 g/mol. The van der Waals surface area contributed by atoms with Crippen LogP contribution in [0.15, 0.2) is 12.1 Å². The summed E-state index contributed by atoms with van der Waals surface area (Å²) in [5.41, 5.74) is -5.43. The molecule has 0 bridgehead atoms. The second-order valence-corrected chi connectivity index (χ2v) is 9.51. The van der Waals surface area contributed by atoms with Crippen molar-refractivity contribution >= 4 is 16.9 Å². The van der Waals surface area contributed by atoms with Crippen molar-refractivity contribution in [1.29, 1.82) is 0 Å². The van der Waals surface area contributed by atoms with E-state index < -0.39 is 34.8 Å². The smallest absolute Gasteiger partial charge is 0.389 e. The molecule has 1 aliphatic rings. The number of fused-ring (bicyclic) bond motifs is 1. The normalized spacial score (nSPS) is 17.4. The molecule has 2 heterocycles. The van der Waals surface area contributed by atoms with Crippen LogP contribution in [0, 0.1) is 5.92 Å². The summed E-state index contributed by atoms with van der Waals surface area (Å²) in [6.07, 6.45) is -6.93. The Labute approximate surface area is 187 Å². The molecule has 3 rings (SSSR count). The van der Waals surface area contributed by atoms with E-state index in [1.165, 1.54) is 0 Å². The molecule has 1 fully saturated rings. The van der Waals surface area contributed by atoms with Gasteiger partial charge in [-0.3, -0.25) is 9.36 Å². The lowest BCUT2D eigenvalue weighted by molar-refractivity contribution is -0.202. The molecule has 0 spiro atoms. The molecule has 0 radical (unpaired) electrons. The quantitative estimate of drug-likeness (QED) is 0.377. The molecule has 1 atom stereocenters. The molecule has 0 saturated heterocycles. The summed E-state index contributed by atoms with van der Waals surface area (Å²) >= 11 is 0. The highest BCUT2D eigenvalue weighted by molar-refractivity contribution is 5.79. The number of aliphatic hydroxyl groups is 1. The molecule has 1 N–H and O–H groups in total. The van der Waals surface area contributed by atoms with E-state index in [4.69, 9.17) is 0 Å². The number of aryl methyl sites for hydroxylation is 1. The SMILES string of the molecule is CC(C)(n1c(CCCCC(=O)C[C@@](C)(O)C2CC2)nc2ccc(C(F)(F)F)nc21)C(F)(F)F. The summed E-state index contributed by atoms with van der Waals surface area (Å²) in [4.78, 5) is 19.8. The van der Waals surface area contributed by atoms with Crippen LogP contribution in [0.25, 0.3) is 11.2 Å². The molecular weight excluding hydrogens is 452 g/mol. The summed E-state index contributed by atoms with van der Waals surface area (Å²) in [5.74, 6) is -0.0517. The maximum atomic E-state index is 13.8. The van der Waals surface area contributed by atoms with Gasteiger partial charge in [-0.05, 0) is 64.5 Å². The number of ketones is 1. The summed E-state index contributed by atoms with van der Waals surface area (Å²) in [6.45, 7) is 3.36. The van der Waals surface area contributed by atoms with Gasteiger partial charge in [-0.2, -0.15) is 26.3 Å². The predicted octanol–water partition coefficient (Wildman–Crippen LogP) is 5.58. The molecule has 0 unspecified atom stereocenters. The van der Waals surface area contributed by atoms with Crippen molar-refractivity contribution in [2.75, 3.05) is 0 Å². The molecule has 0 aromatic carbocycles. The third kappa shape index (κ3) is 5.50. The van der Waals surface area contributed by atoms with Crippen molar-refractivity contribution in [2.24, 2.45) is 5.92 Å². The highest BCUT2D eigenvalue weighted by Gasteiger charge is 2.51. The Hall–Kier alpha value is -2.17. The number of carbonyl (C=O) groups is 1. The van der Waals surface area contributed by atoms with E-state index in [0.29, 0.717) is 18.9 Å². The van der Waals surface area contributed by atoms with Gasteiger partial charge in [-0.25, -0.2) is 9.97 Å². The van der Waals surface area contributed by atoms with Crippen LogP contribution in [-0.2, 0) is 22.9 Å². The lowest BCUT2D eigenvalue weighted by Crippen LogP contribution is -2.43. The number of imidazole rings is 1. The summed E-state index contributed by atoms with van der Waals surface area (Å²) < 4.78 is 81.4. The van der Waals surface area contributed by atoms with E-state index in [1.807, 2.05) is 0 Å². The highest BCUT2D eigenvalue weighted by Crippen LogP contribution is 2.42. The summed E-state index contributed by atoms with van der Waals surface area (Å²) in [7, 11) is 0. The van der Waals surface area contributed by atoms with Crippen molar-refractivity contribution in [3.63, 3.8) is 0 Å². The van der Waals surface area contributed by atoms with Gasteiger partial charge in [0.25, 0.3) is 0 Å². The Kier molecular flexibility index (Phi) is 6.60. The lowest BCUT2D eigenvalue weighted by atomic mass is 9.92. The average molecular weight is 479 g/mol. The van der Waals surface area contributed by atoms with Gasteiger partial charge in [0.15, 0.2) is 5.65 Å². The van der Waals surface area contributed by atoms with Gasteiger partial charge in [0.2, 0.25) is 0 Å². The van der Waals surface area contributed by atoms with Crippen molar-refractivity contribution in [3.05, 3.63) is 23.7 Å². The third-order valence-electron chi connectivity index (χ3n) is 6.24. The number of carbonyl (C=O) groups excluding carboxylic acids is 1. The molecule has 1 saturated carbocycles. The minimum absolute atomic E-state index is 0.0292. The second-order valence-electron chi connectivity index (χ2n) is 9.51. The maximum Gasteiger partial charge on any atom is 0.433 e. The largest absolute Gasteiger partial charge is 0.433 e. The summed E-state index contributed by atoms with van der Waals surface area (Å²) in [6, 6.07) is 1.70. The number of rotatable bonds is 9. The Morgan fingerprint density at radius 2 is 1.70 bits per heavy atom. The van der Waals surface area contributed by atoms with Crippen molar-refractivity contribution in [1.82, 2.24) is 14.5 Å². The Bertz CT molecular complexity index is 1020. The van der Waals surface area contributed by atoms with Gasteiger partial charge in [0.1, 0.15) is 28.4 Å². The second kappa shape index (κ2) is 8.56. The number of halogens is 6. The van der Waals surface area contributed by atoms with Crippen molar-refractivity contribution in [3.8, 4) is 0 Å². The van der Waals surface area contributed by atoms with Crippen LogP contribution in [0.1, 0.15) is 70.8 Å². The topological polar surface area (TPSA) is 68.0 Å². The van der Waals surface area contributed by atoms with Gasteiger partial charge in [0, 0.05) is 19.3 Å². The molecule has 1 aliphatic carbocycles. The molecule has 11 heteroatoms. The molecule has 0 amide bonds.